The summed E-state index contributed by atoms with van der Waals surface area (Å²) in [6, 6.07) is 12.5. The quantitative estimate of drug-likeness (QED) is 0.181. The fraction of sp³-hybridized carbons (Fsp3) is 0.479. The number of rotatable bonds is 8. The largest absolute Gasteiger partial charge is 0.371 e. The Morgan fingerprint density at radius 1 is 0.919 bits per heavy atom. The number of carbonyl (C=O) groups excluding carboxylic acids is 3. The van der Waals surface area contributed by atoms with E-state index in [1.54, 1.807) is 4.90 Å². The highest BCUT2D eigenvalue weighted by Gasteiger charge is 2.42. The molecule has 14 heteroatoms. The lowest BCUT2D eigenvalue weighted by Crippen LogP contribution is -2.49. The van der Waals surface area contributed by atoms with Gasteiger partial charge >= 0.3 is 0 Å². The Balaban J connectivity index is 0.758. The van der Waals surface area contributed by atoms with Crippen LogP contribution in [0.1, 0.15) is 95.4 Å². The number of para-hydroxylation sites is 1. The first-order valence-corrected chi connectivity index (χ1v) is 22.2. The smallest absolute Gasteiger partial charge is 0.255 e. The summed E-state index contributed by atoms with van der Waals surface area (Å²) in [4.78, 5) is 52.8. The minimum absolute atomic E-state index is 0.0828. The van der Waals surface area contributed by atoms with Crippen LogP contribution < -0.4 is 10.2 Å². The molecule has 4 aromatic rings. The average Bonchev–Trinajstić information content (AvgIpc) is 3.93. The summed E-state index contributed by atoms with van der Waals surface area (Å²) in [5.41, 5.74) is 6.80. The molecular weight excluding hydrogens is 799 g/mol. The molecule has 3 saturated heterocycles. The van der Waals surface area contributed by atoms with E-state index in [0.717, 1.165) is 78.5 Å². The molecule has 10 nitrogen and oxygen atoms in total. The molecule has 2 unspecified atom stereocenters. The molecule has 0 bridgehead atoms. The van der Waals surface area contributed by atoms with Crippen molar-refractivity contribution in [3.05, 3.63) is 112 Å². The Kier molecular flexibility index (Phi) is 10.6. The van der Waals surface area contributed by atoms with E-state index in [9.17, 15) is 23.2 Å². The van der Waals surface area contributed by atoms with Gasteiger partial charge < -0.3 is 29.9 Å². The number of aromatic nitrogens is 1. The number of nitrogens with zero attached hydrogens (tertiary/aromatic N) is 5. The van der Waals surface area contributed by atoms with E-state index in [2.05, 4.69) is 21.8 Å². The van der Waals surface area contributed by atoms with Gasteiger partial charge in [0.25, 0.3) is 12.3 Å². The molecule has 3 aromatic carbocycles. The van der Waals surface area contributed by atoms with Gasteiger partial charge in [0.15, 0.2) is 0 Å². The third kappa shape index (κ3) is 7.36. The normalized spacial score (nSPS) is 24.9. The van der Waals surface area contributed by atoms with Crippen LogP contribution >= 0.6 is 0 Å². The molecule has 326 valence electrons. The van der Waals surface area contributed by atoms with Crippen LogP contribution in [0.25, 0.3) is 10.9 Å². The zero-order valence-electron chi connectivity index (χ0n) is 35.1. The topological polar surface area (TPSA) is 95.2 Å². The summed E-state index contributed by atoms with van der Waals surface area (Å²) >= 11 is 0. The van der Waals surface area contributed by atoms with Gasteiger partial charge in [-0.1, -0.05) is 30.8 Å². The molecule has 3 amide bonds. The van der Waals surface area contributed by atoms with E-state index >= 15 is 8.78 Å². The molecule has 62 heavy (non-hydrogen) atoms. The van der Waals surface area contributed by atoms with Crippen molar-refractivity contribution in [2.75, 3.05) is 44.2 Å². The Morgan fingerprint density at radius 2 is 1.66 bits per heavy atom. The predicted molar refractivity (Wildman–Crippen MR) is 227 cm³/mol. The summed E-state index contributed by atoms with van der Waals surface area (Å²) in [6.45, 7) is 10.2. The van der Waals surface area contributed by atoms with E-state index < -0.39 is 36.7 Å². The number of anilines is 1. The van der Waals surface area contributed by atoms with Gasteiger partial charge in [0, 0.05) is 90.3 Å². The summed E-state index contributed by atoms with van der Waals surface area (Å²) in [6.07, 6.45) is 2.40. The van der Waals surface area contributed by atoms with E-state index in [-0.39, 0.29) is 41.2 Å². The van der Waals surface area contributed by atoms with Crippen molar-refractivity contribution in [2.45, 2.75) is 96.1 Å². The molecule has 1 aromatic heterocycles. The van der Waals surface area contributed by atoms with Gasteiger partial charge in [0.05, 0.1) is 12.6 Å². The third-order valence-corrected chi connectivity index (χ3v) is 14.5. The maximum absolute atomic E-state index is 16.4. The zero-order valence-corrected chi connectivity index (χ0v) is 35.1. The summed E-state index contributed by atoms with van der Waals surface area (Å²) in [5, 5.41) is 3.73. The molecule has 6 aliphatic rings. The van der Waals surface area contributed by atoms with Crippen molar-refractivity contribution in [2.24, 2.45) is 11.8 Å². The molecule has 0 spiro atoms. The first-order chi connectivity index (χ1) is 29.9. The number of hydrogen-bond donors (Lipinski definition) is 2. The van der Waals surface area contributed by atoms with E-state index in [1.807, 2.05) is 53.1 Å². The van der Waals surface area contributed by atoms with Crippen molar-refractivity contribution in [3.8, 4) is 0 Å². The van der Waals surface area contributed by atoms with Gasteiger partial charge in [-0.3, -0.25) is 19.3 Å². The Hall–Kier alpha value is -5.21. The van der Waals surface area contributed by atoms with Crippen molar-refractivity contribution in [3.63, 3.8) is 0 Å². The second-order valence-electron chi connectivity index (χ2n) is 18.5. The number of halogens is 4. The van der Waals surface area contributed by atoms with Gasteiger partial charge in [-0.25, -0.2) is 17.6 Å². The Bertz CT molecular complexity index is 2440. The van der Waals surface area contributed by atoms with Crippen LogP contribution in [0.2, 0.25) is 0 Å². The second-order valence-corrected chi connectivity index (χ2v) is 18.5. The summed E-state index contributed by atoms with van der Waals surface area (Å²) in [7, 11) is 0. The van der Waals surface area contributed by atoms with Crippen LogP contribution in [0, 0.1) is 23.5 Å². The number of allylic oxidation sites excluding steroid dienone is 1. The van der Waals surface area contributed by atoms with Crippen LogP contribution in [0.3, 0.4) is 0 Å². The van der Waals surface area contributed by atoms with Gasteiger partial charge in [0.2, 0.25) is 11.8 Å². The van der Waals surface area contributed by atoms with Crippen LogP contribution in [-0.2, 0) is 35.6 Å². The molecule has 0 saturated carbocycles. The Labute approximate surface area is 358 Å². The van der Waals surface area contributed by atoms with Crippen molar-refractivity contribution in [1.82, 2.24) is 29.9 Å². The highest BCUT2D eigenvalue weighted by atomic mass is 19.3. The van der Waals surface area contributed by atoms with Crippen LogP contribution in [0.15, 0.2) is 60.8 Å². The van der Waals surface area contributed by atoms with Crippen molar-refractivity contribution >= 4 is 34.3 Å². The molecule has 0 radical (unpaired) electrons. The second kappa shape index (κ2) is 16.2. The molecule has 7 heterocycles. The number of aromatic amines is 1. The standard InChI is InChI=1S/C48H53F4N7O3/c1-27-9-10-41(46(60)53-27)59-25-33-17-31-23-57(24-32(31)18-36(33)48(59)62)47(61)30-11-14-55(15-12-30)21-29-6-5-13-56(22-29)34-19-38(49)43(39(50)20-34)45-44-37(16-28(2)58(45)26-42(51)52)35-7-3-4-8-40(35)54-44/h3-4,7-8,17-20,28-30,41-42,45,54H,1,5-6,9-16,21-26H2,2H3,(H,53,60)/t28-,29?,41?,45-/m1/s1. The predicted octanol–water partition coefficient (Wildman–Crippen LogP) is 7.27. The fourth-order valence-corrected chi connectivity index (χ4v) is 11.4. The average molecular weight is 852 g/mol. The number of likely N-dealkylation sites (tertiary alicyclic amines) is 1. The van der Waals surface area contributed by atoms with Crippen molar-refractivity contribution < 1.29 is 31.9 Å². The molecule has 10 rings (SSSR count). The molecule has 2 N–H and O–H groups in total. The van der Waals surface area contributed by atoms with Crippen LogP contribution in [-0.4, -0.2) is 100 Å². The zero-order chi connectivity index (χ0) is 43.0. The number of nitrogens with one attached hydrogen (secondary N) is 2. The number of hydrogen-bond acceptors (Lipinski definition) is 6. The van der Waals surface area contributed by atoms with Crippen LogP contribution in [0.5, 0.6) is 0 Å². The number of benzene rings is 3. The van der Waals surface area contributed by atoms with Crippen LogP contribution in [0.4, 0.5) is 23.2 Å². The van der Waals surface area contributed by atoms with E-state index in [4.69, 9.17) is 0 Å². The minimum Gasteiger partial charge on any atom is -0.371 e. The fourth-order valence-electron chi connectivity index (χ4n) is 11.4. The highest BCUT2D eigenvalue weighted by Crippen LogP contribution is 2.44. The first-order valence-electron chi connectivity index (χ1n) is 22.2. The first kappa shape index (κ1) is 40.8. The maximum atomic E-state index is 16.4. The molecule has 3 fully saturated rings. The number of alkyl halides is 2. The number of piperidine rings is 3. The van der Waals surface area contributed by atoms with E-state index in [1.165, 1.54) is 17.0 Å². The minimum atomic E-state index is -2.67. The third-order valence-electron chi connectivity index (χ3n) is 14.5. The number of carbonyl (C=O) groups is 3. The van der Waals surface area contributed by atoms with Gasteiger partial charge in [-0.2, -0.15) is 0 Å². The number of fused-ring (bicyclic) bond motifs is 5. The van der Waals surface area contributed by atoms with Gasteiger partial charge in [-0.05, 0) is 117 Å². The lowest BCUT2D eigenvalue weighted by atomic mass is 9.88. The maximum Gasteiger partial charge on any atom is 0.255 e. The SMILES string of the molecule is C=C1CCC(N2Cc3cc4c(cc3C2=O)CN(C(=O)C2CCN(CC3CCCN(c5cc(F)c([C@@H]6c7[nH]c8ccccc8c7C[C@@H](C)N6CC(F)F)c(F)c5)C3)CC2)C4)C(=O)N1. The Morgan fingerprint density at radius 3 is 2.40 bits per heavy atom. The molecule has 0 aliphatic carbocycles. The van der Waals surface area contributed by atoms with Crippen molar-refractivity contribution in [1.29, 1.82) is 0 Å². The number of H-pyrrole nitrogens is 1. The molecule has 4 atom stereocenters. The van der Waals surface area contributed by atoms with Gasteiger partial charge in [-0.15, -0.1) is 0 Å². The van der Waals surface area contributed by atoms with E-state index in [0.29, 0.717) is 74.6 Å². The summed E-state index contributed by atoms with van der Waals surface area (Å²) < 4.78 is 60.7. The lowest BCUT2D eigenvalue weighted by Gasteiger charge is -2.41. The molecule has 6 aliphatic heterocycles. The van der Waals surface area contributed by atoms with Gasteiger partial charge in [0.1, 0.15) is 17.7 Å². The highest BCUT2D eigenvalue weighted by molar-refractivity contribution is 6.02. The number of amides is 3. The monoisotopic (exact) mass is 851 g/mol. The lowest BCUT2D eigenvalue weighted by molar-refractivity contribution is -0.137. The summed E-state index contributed by atoms with van der Waals surface area (Å²) in [5.74, 6) is -1.46. The molecular formula is C48H53F4N7O3.